The maximum atomic E-state index is 12.4. The number of amides is 2. The Labute approximate surface area is 171 Å². The van der Waals surface area contributed by atoms with Crippen LogP contribution in [0.4, 0.5) is 5.69 Å². The number of anilines is 1. The fourth-order valence-electron chi connectivity index (χ4n) is 3.15. The molecule has 29 heavy (non-hydrogen) atoms. The second-order valence-electron chi connectivity index (χ2n) is 6.82. The lowest BCUT2D eigenvalue weighted by atomic mass is 10.1. The normalized spacial score (nSPS) is 14.3. The number of hydrogen-bond acceptors (Lipinski definition) is 4. The highest BCUT2D eigenvalue weighted by molar-refractivity contribution is 6.09. The van der Waals surface area contributed by atoms with E-state index >= 15 is 0 Å². The summed E-state index contributed by atoms with van der Waals surface area (Å²) in [7, 11) is 0. The van der Waals surface area contributed by atoms with Crippen molar-refractivity contribution in [2.75, 3.05) is 31.5 Å². The number of ether oxygens (including phenoxy) is 1. The van der Waals surface area contributed by atoms with Crippen LogP contribution in [0.15, 0.2) is 54.3 Å². The molecule has 0 radical (unpaired) electrons. The molecular formula is C23H27N3O3. The van der Waals surface area contributed by atoms with Crippen molar-refractivity contribution >= 4 is 23.6 Å². The molecule has 0 atom stereocenters. The van der Waals surface area contributed by atoms with E-state index in [4.69, 9.17) is 4.74 Å². The van der Waals surface area contributed by atoms with Crippen molar-refractivity contribution in [2.24, 2.45) is 0 Å². The van der Waals surface area contributed by atoms with Crippen LogP contribution in [0.5, 0.6) is 5.75 Å². The van der Waals surface area contributed by atoms with Gasteiger partial charge in [-0.15, -0.1) is 0 Å². The van der Waals surface area contributed by atoms with Gasteiger partial charge in [0.25, 0.3) is 11.8 Å². The molecule has 0 aromatic heterocycles. The van der Waals surface area contributed by atoms with Gasteiger partial charge in [0, 0.05) is 12.1 Å². The summed E-state index contributed by atoms with van der Waals surface area (Å²) in [5, 5.41) is 5.74. The lowest BCUT2D eigenvalue weighted by Crippen LogP contribution is -2.30. The van der Waals surface area contributed by atoms with Gasteiger partial charge >= 0.3 is 0 Å². The molecule has 0 unspecified atom stereocenters. The quantitative estimate of drug-likeness (QED) is 0.532. The third-order valence-corrected chi connectivity index (χ3v) is 4.86. The molecule has 1 heterocycles. The molecule has 3 rings (SSSR count). The highest BCUT2D eigenvalue weighted by Crippen LogP contribution is 2.32. The number of carbonyl (C=O) groups excluding carboxylic acids is 2. The topological polar surface area (TPSA) is 70.7 Å². The van der Waals surface area contributed by atoms with E-state index in [0.29, 0.717) is 23.5 Å². The molecule has 1 aliphatic heterocycles. The number of nitrogens with one attached hydrogen (secondary N) is 2. The van der Waals surface area contributed by atoms with Crippen molar-refractivity contribution in [1.82, 2.24) is 10.2 Å². The average molecular weight is 393 g/mol. The number of fused-ring (bicyclic) bond motifs is 1. The van der Waals surface area contributed by atoms with E-state index in [1.165, 1.54) is 0 Å². The van der Waals surface area contributed by atoms with Gasteiger partial charge in [0.15, 0.2) is 11.5 Å². The van der Waals surface area contributed by atoms with Gasteiger partial charge in [0.2, 0.25) is 0 Å². The SMILES string of the molecule is CCN(CC)CCCNC(=O)c1ccc2c(c1)NC(=O)/C(=C/c1ccccc1)O2. The summed E-state index contributed by atoms with van der Waals surface area (Å²) in [6, 6.07) is 14.6. The summed E-state index contributed by atoms with van der Waals surface area (Å²) in [4.78, 5) is 27.1. The first-order valence-electron chi connectivity index (χ1n) is 10.0. The van der Waals surface area contributed by atoms with E-state index in [1.54, 1.807) is 24.3 Å². The Balaban J connectivity index is 1.62. The van der Waals surface area contributed by atoms with Crippen molar-refractivity contribution < 1.29 is 14.3 Å². The average Bonchev–Trinajstić information content (AvgIpc) is 2.74. The van der Waals surface area contributed by atoms with Crippen molar-refractivity contribution in [1.29, 1.82) is 0 Å². The number of nitrogens with zero attached hydrogens (tertiary/aromatic N) is 1. The van der Waals surface area contributed by atoms with Crippen LogP contribution in [-0.4, -0.2) is 42.9 Å². The fourth-order valence-corrected chi connectivity index (χ4v) is 3.15. The minimum absolute atomic E-state index is 0.160. The van der Waals surface area contributed by atoms with Crippen LogP contribution < -0.4 is 15.4 Å². The first-order valence-corrected chi connectivity index (χ1v) is 10.0. The van der Waals surface area contributed by atoms with Gasteiger partial charge in [-0.05, 0) is 55.9 Å². The van der Waals surface area contributed by atoms with Crippen LogP contribution in [-0.2, 0) is 4.79 Å². The molecule has 0 saturated heterocycles. The second kappa shape index (κ2) is 9.89. The predicted molar refractivity (Wildman–Crippen MR) is 115 cm³/mol. The molecule has 0 fully saturated rings. The molecule has 2 N–H and O–H groups in total. The van der Waals surface area contributed by atoms with E-state index in [-0.39, 0.29) is 17.6 Å². The van der Waals surface area contributed by atoms with E-state index in [1.807, 2.05) is 30.3 Å². The molecule has 1 aliphatic rings. The maximum Gasteiger partial charge on any atom is 0.291 e. The largest absolute Gasteiger partial charge is 0.449 e. The zero-order valence-corrected chi connectivity index (χ0v) is 16.9. The molecule has 2 aromatic rings. The standard InChI is InChI=1S/C23H27N3O3/c1-3-26(4-2)14-8-13-24-22(27)18-11-12-20-19(16-18)25-23(28)21(29-20)15-17-9-6-5-7-10-17/h5-7,9-12,15-16H,3-4,8,13-14H2,1-2H3,(H,24,27)(H,25,28)/b21-15-. The molecule has 0 bridgehead atoms. The zero-order chi connectivity index (χ0) is 20.6. The second-order valence-corrected chi connectivity index (χ2v) is 6.82. The van der Waals surface area contributed by atoms with Crippen molar-refractivity contribution in [3.63, 3.8) is 0 Å². The third-order valence-electron chi connectivity index (χ3n) is 4.86. The van der Waals surface area contributed by atoms with Crippen LogP contribution >= 0.6 is 0 Å². The summed E-state index contributed by atoms with van der Waals surface area (Å²) in [5.74, 6) is 0.243. The highest BCUT2D eigenvalue weighted by Gasteiger charge is 2.23. The Morgan fingerprint density at radius 1 is 1.14 bits per heavy atom. The van der Waals surface area contributed by atoms with Gasteiger partial charge in [-0.2, -0.15) is 0 Å². The van der Waals surface area contributed by atoms with Gasteiger partial charge in [-0.1, -0.05) is 44.2 Å². The smallest absolute Gasteiger partial charge is 0.291 e. The lowest BCUT2D eigenvalue weighted by molar-refractivity contribution is -0.115. The van der Waals surface area contributed by atoms with E-state index < -0.39 is 0 Å². The maximum absolute atomic E-state index is 12.4. The molecule has 6 heteroatoms. The lowest BCUT2D eigenvalue weighted by Gasteiger charge is -2.20. The minimum Gasteiger partial charge on any atom is -0.449 e. The monoisotopic (exact) mass is 393 g/mol. The Morgan fingerprint density at radius 2 is 1.90 bits per heavy atom. The number of hydrogen-bond donors (Lipinski definition) is 2. The summed E-state index contributed by atoms with van der Waals surface area (Å²) in [6.07, 6.45) is 2.58. The van der Waals surface area contributed by atoms with Gasteiger partial charge < -0.3 is 20.3 Å². The number of carbonyl (C=O) groups is 2. The predicted octanol–water partition coefficient (Wildman–Crippen LogP) is 3.52. The molecule has 6 nitrogen and oxygen atoms in total. The van der Waals surface area contributed by atoms with E-state index in [9.17, 15) is 9.59 Å². The zero-order valence-electron chi connectivity index (χ0n) is 16.9. The minimum atomic E-state index is -0.335. The molecule has 0 saturated carbocycles. The Hall–Kier alpha value is -3.12. The molecule has 0 aliphatic carbocycles. The number of benzene rings is 2. The van der Waals surface area contributed by atoms with Gasteiger partial charge in [0.1, 0.15) is 0 Å². The van der Waals surface area contributed by atoms with E-state index in [2.05, 4.69) is 29.4 Å². The highest BCUT2D eigenvalue weighted by atomic mass is 16.5. The van der Waals surface area contributed by atoms with Crippen molar-refractivity contribution in [2.45, 2.75) is 20.3 Å². The van der Waals surface area contributed by atoms with Crippen LogP contribution in [0, 0.1) is 0 Å². The van der Waals surface area contributed by atoms with Crippen LogP contribution in [0.25, 0.3) is 6.08 Å². The first-order chi connectivity index (χ1) is 14.1. The van der Waals surface area contributed by atoms with Crippen LogP contribution in [0.1, 0.15) is 36.2 Å². The first kappa shape index (κ1) is 20.6. The molecular weight excluding hydrogens is 366 g/mol. The Bertz CT molecular complexity index is 889. The fraction of sp³-hybridized carbons (Fsp3) is 0.304. The summed E-state index contributed by atoms with van der Waals surface area (Å²) in [5.41, 5.74) is 1.86. The summed E-state index contributed by atoms with van der Waals surface area (Å²) < 4.78 is 5.74. The Morgan fingerprint density at radius 3 is 2.62 bits per heavy atom. The van der Waals surface area contributed by atoms with Gasteiger partial charge in [-0.25, -0.2) is 0 Å². The van der Waals surface area contributed by atoms with Gasteiger partial charge in [0.05, 0.1) is 5.69 Å². The van der Waals surface area contributed by atoms with Crippen molar-refractivity contribution in [3.05, 3.63) is 65.4 Å². The summed E-state index contributed by atoms with van der Waals surface area (Å²) in [6.45, 7) is 7.85. The van der Waals surface area contributed by atoms with Gasteiger partial charge in [-0.3, -0.25) is 9.59 Å². The third kappa shape index (κ3) is 5.45. The summed E-state index contributed by atoms with van der Waals surface area (Å²) >= 11 is 0. The molecule has 0 spiro atoms. The molecule has 152 valence electrons. The van der Waals surface area contributed by atoms with Crippen molar-refractivity contribution in [3.8, 4) is 5.75 Å². The van der Waals surface area contributed by atoms with Crippen LogP contribution in [0.3, 0.4) is 0 Å². The van der Waals surface area contributed by atoms with Crippen LogP contribution in [0.2, 0.25) is 0 Å². The number of rotatable bonds is 8. The van der Waals surface area contributed by atoms with E-state index in [0.717, 1.165) is 31.6 Å². The molecule has 2 aromatic carbocycles. The molecule has 2 amide bonds. The Kier molecular flexibility index (Phi) is 7.03.